The molecule has 3 heterocycles. The fourth-order valence-corrected chi connectivity index (χ4v) is 9.75. The van der Waals surface area contributed by atoms with Crippen LogP contribution in [0.1, 0.15) is 18.4 Å². The molecule has 4 nitrogen and oxygen atoms in total. The van der Waals surface area contributed by atoms with Gasteiger partial charge in [-0.15, -0.1) is 0 Å². The Labute approximate surface area is 344 Å². The highest BCUT2D eigenvalue weighted by Gasteiger charge is 2.26. The number of hydrogen-bond donors (Lipinski definition) is 0. The van der Waals surface area contributed by atoms with Crippen LogP contribution in [0.2, 0.25) is 0 Å². The predicted molar refractivity (Wildman–Crippen MR) is 249 cm³/mol. The Balaban J connectivity index is 1.06. The standard InChI is InChI=1S/C56H35NO3/c1-2-14-37-33-52-47(32-36(37)13-1)45-21-10-19-43(56(45)60-52)41-16-5-7-22-48(41)57(49-23-11-25-51-53(49)46-31-28-34-12-3-4-15-39(34)55(46)59-51)38-29-26-35(27-30-38)40-18-9-20-44-42-17-6-8-24-50(42)58-54(40)44/h1-6,8-21,23-33H,7,22H2. The van der Waals surface area contributed by atoms with Gasteiger partial charge in [-0.25, -0.2) is 0 Å². The van der Waals surface area contributed by atoms with E-state index in [0.29, 0.717) is 0 Å². The van der Waals surface area contributed by atoms with E-state index < -0.39 is 0 Å². The van der Waals surface area contributed by atoms with Gasteiger partial charge in [0.1, 0.15) is 33.5 Å². The van der Waals surface area contributed by atoms with E-state index in [4.69, 9.17) is 13.3 Å². The summed E-state index contributed by atoms with van der Waals surface area (Å²) in [6, 6.07) is 62.5. The number of anilines is 2. The number of allylic oxidation sites excluding steroid dienone is 4. The molecule has 1 aliphatic rings. The van der Waals surface area contributed by atoms with Crippen LogP contribution in [0, 0.1) is 0 Å². The summed E-state index contributed by atoms with van der Waals surface area (Å²) in [5, 5.41) is 11.3. The molecule has 60 heavy (non-hydrogen) atoms. The molecule has 0 fully saturated rings. The van der Waals surface area contributed by atoms with Gasteiger partial charge < -0.3 is 18.2 Å². The van der Waals surface area contributed by atoms with Gasteiger partial charge in [0.25, 0.3) is 0 Å². The lowest BCUT2D eigenvalue weighted by Gasteiger charge is -2.32. The zero-order chi connectivity index (χ0) is 39.3. The van der Waals surface area contributed by atoms with E-state index in [-0.39, 0.29) is 0 Å². The van der Waals surface area contributed by atoms with Crippen LogP contribution in [-0.4, -0.2) is 0 Å². The Morgan fingerprint density at radius 1 is 0.417 bits per heavy atom. The number of para-hydroxylation sites is 3. The van der Waals surface area contributed by atoms with E-state index >= 15 is 0 Å². The number of benzene rings is 9. The monoisotopic (exact) mass is 769 g/mol. The number of hydrogen-bond acceptors (Lipinski definition) is 4. The third kappa shape index (κ3) is 4.91. The van der Waals surface area contributed by atoms with Gasteiger partial charge in [-0.1, -0.05) is 140 Å². The third-order valence-corrected chi connectivity index (χ3v) is 12.5. The SMILES string of the molecule is C1=CC(c2cccc3c2oc2cc4ccccc4cc23)=C(N(c2ccc(-c3cccc4c3oc3ccccc34)cc2)c2cccc3oc4c5ccccc5ccc4c23)CC1. The second-order valence-corrected chi connectivity index (χ2v) is 15.9. The molecule has 0 bridgehead atoms. The minimum Gasteiger partial charge on any atom is -0.455 e. The minimum absolute atomic E-state index is 0.835. The first-order chi connectivity index (χ1) is 29.7. The number of rotatable bonds is 5. The first-order valence-corrected chi connectivity index (χ1v) is 20.6. The lowest BCUT2D eigenvalue weighted by atomic mass is 9.93. The third-order valence-electron chi connectivity index (χ3n) is 12.5. The molecule has 0 aliphatic heterocycles. The second kappa shape index (κ2) is 12.8. The average Bonchev–Trinajstić information content (AvgIpc) is 4.00. The maximum absolute atomic E-state index is 6.85. The molecule has 3 aromatic heterocycles. The van der Waals surface area contributed by atoms with Gasteiger partial charge in [0.2, 0.25) is 0 Å². The second-order valence-electron chi connectivity index (χ2n) is 15.9. The molecule has 0 atom stereocenters. The van der Waals surface area contributed by atoms with Gasteiger partial charge in [0, 0.05) is 60.4 Å². The number of fused-ring (bicyclic) bond motifs is 12. The molecule has 0 saturated heterocycles. The summed E-state index contributed by atoms with van der Waals surface area (Å²) in [5.41, 5.74) is 13.1. The van der Waals surface area contributed by atoms with Crippen LogP contribution in [0.3, 0.4) is 0 Å². The van der Waals surface area contributed by atoms with Crippen molar-refractivity contribution in [1.29, 1.82) is 0 Å². The highest BCUT2D eigenvalue weighted by Crippen LogP contribution is 2.47. The van der Waals surface area contributed by atoms with Crippen molar-refractivity contribution in [2.45, 2.75) is 12.8 Å². The van der Waals surface area contributed by atoms with E-state index in [0.717, 1.165) is 123 Å². The van der Waals surface area contributed by atoms with Gasteiger partial charge >= 0.3 is 0 Å². The summed E-state index contributed by atoms with van der Waals surface area (Å²) in [6.07, 6.45) is 6.34. The summed E-state index contributed by atoms with van der Waals surface area (Å²) in [4.78, 5) is 2.46. The summed E-state index contributed by atoms with van der Waals surface area (Å²) in [7, 11) is 0. The zero-order valence-corrected chi connectivity index (χ0v) is 32.5. The van der Waals surface area contributed by atoms with E-state index in [1.165, 1.54) is 16.5 Å². The Bertz CT molecular complexity index is 3780. The van der Waals surface area contributed by atoms with Crippen molar-refractivity contribution in [3.63, 3.8) is 0 Å². The van der Waals surface area contributed by atoms with Crippen molar-refractivity contribution in [1.82, 2.24) is 0 Å². The van der Waals surface area contributed by atoms with E-state index in [1.54, 1.807) is 0 Å². The maximum atomic E-state index is 6.85. The molecular formula is C56H35NO3. The van der Waals surface area contributed by atoms with Crippen LogP contribution in [-0.2, 0) is 0 Å². The normalized spacial score (nSPS) is 13.4. The van der Waals surface area contributed by atoms with Crippen molar-refractivity contribution in [2.75, 3.05) is 4.90 Å². The van der Waals surface area contributed by atoms with Crippen molar-refractivity contribution in [3.8, 4) is 11.1 Å². The maximum Gasteiger partial charge on any atom is 0.143 e. The first-order valence-electron chi connectivity index (χ1n) is 20.6. The van der Waals surface area contributed by atoms with Crippen molar-refractivity contribution in [2.24, 2.45) is 0 Å². The van der Waals surface area contributed by atoms with Crippen LogP contribution in [0.5, 0.6) is 0 Å². The van der Waals surface area contributed by atoms with Crippen LogP contribution < -0.4 is 4.90 Å². The Kier molecular flexibility index (Phi) is 7.10. The van der Waals surface area contributed by atoms with Crippen molar-refractivity contribution >= 4 is 104 Å². The van der Waals surface area contributed by atoms with Gasteiger partial charge in [-0.3, -0.25) is 0 Å². The summed E-state index contributed by atoms with van der Waals surface area (Å²) < 4.78 is 20.1. The van der Waals surface area contributed by atoms with E-state index in [2.05, 4.69) is 181 Å². The molecule has 9 aromatic carbocycles. The van der Waals surface area contributed by atoms with Gasteiger partial charge in [-0.05, 0) is 83.1 Å². The van der Waals surface area contributed by atoms with Crippen LogP contribution in [0.15, 0.2) is 207 Å². The fourth-order valence-electron chi connectivity index (χ4n) is 9.75. The summed E-state index contributed by atoms with van der Waals surface area (Å²) in [6.45, 7) is 0. The smallest absolute Gasteiger partial charge is 0.143 e. The van der Waals surface area contributed by atoms with Gasteiger partial charge in [-0.2, -0.15) is 0 Å². The molecule has 12 aromatic rings. The topological polar surface area (TPSA) is 42.7 Å². The quantitative estimate of drug-likeness (QED) is 0.175. The minimum atomic E-state index is 0.835. The Morgan fingerprint density at radius 2 is 1.07 bits per heavy atom. The highest BCUT2D eigenvalue weighted by molar-refractivity contribution is 6.20. The molecule has 0 unspecified atom stereocenters. The molecule has 0 spiro atoms. The van der Waals surface area contributed by atoms with Crippen LogP contribution in [0.25, 0.3) is 104 Å². The van der Waals surface area contributed by atoms with Crippen molar-refractivity contribution in [3.05, 3.63) is 199 Å². The average molecular weight is 770 g/mol. The Hall–Kier alpha value is -7.82. The molecule has 0 saturated carbocycles. The molecule has 1 aliphatic carbocycles. The lowest BCUT2D eigenvalue weighted by molar-refractivity contribution is 0.668. The molecule has 4 heteroatoms. The molecule has 0 radical (unpaired) electrons. The first kappa shape index (κ1) is 33.2. The largest absolute Gasteiger partial charge is 0.455 e. The van der Waals surface area contributed by atoms with Crippen molar-refractivity contribution < 1.29 is 13.3 Å². The van der Waals surface area contributed by atoms with E-state index in [9.17, 15) is 0 Å². The Morgan fingerprint density at radius 3 is 1.93 bits per heavy atom. The fraction of sp³-hybridized carbons (Fsp3) is 0.0357. The molecule has 282 valence electrons. The van der Waals surface area contributed by atoms with Gasteiger partial charge in [0.15, 0.2) is 0 Å². The molecule has 0 amide bonds. The molecular weight excluding hydrogens is 735 g/mol. The highest BCUT2D eigenvalue weighted by atomic mass is 16.3. The lowest BCUT2D eigenvalue weighted by Crippen LogP contribution is -2.19. The molecule has 0 N–H and O–H groups in total. The molecule has 13 rings (SSSR count). The zero-order valence-electron chi connectivity index (χ0n) is 32.5. The van der Waals surface area contributed by atoms with Crippen LogP contribution in [0.4, 0.5) is 11.4 Å². The summed E-state index contributed by atoms with van der Waals surface area (Å²) >= 11 is 0. The van der Waals surface area contributed by atoms with E-state index in [1.807, 2.05) is 12.1 Å². The van der Waals surface area contributed by atoms with Gasteiger partial charge in [0.05, 0.1) is 11.1 Å². The number of nitrogens with zero attached hydrogens (tertiary/aromatic N) is 1. The number of furan rings is 3. The summed E-state index contributed by atoms with van der Waals surface area (Å²) in [5.74, 6) is 0. The van der Waals surface area contributed by atoms with Crippen LogP contribution >= 0.6 is 0 Å². The predicted octanol–water partition coefficient (Wildman–Crippen LogP) is 16.3.